The minimum atomic E-state index is -3.44. The van der Waals surface area contributed by atoms with Crippen molar-refractivity contribution in [3.8, 4) is 0 Å². The van der Waals surface area contributed by atoms with Gasteiger partial charge in [0.05, 0.1) is 18.0 Å². The number of anilines is 1. The molecule has 0 saturated heterocycles. The molecule has 0 saturated carbocycles. The van der Waals surface area contributed by atoms with E-state index in [0.717, 1.165) is 27.5 Å². The molecule has 1 N–H and O–H groups in total. The normalized spacial score (nSPS) is 12.7. The van der Waals surface area contributed by atoms with E-state index >= 15 is 0 Å². The van der Waals surface area contributed by atoms with Gasteiger partial charge in [-0.05, 0) is 31.5 Å². The lowest BCUT2D eigenvalue weighted by Crippen LogP contribution is -2.26. The molecule has 0 bridgehead atoms. The highest BCUT2D eigenvalue weighted by Gasteiger charge is 2.22. The van der Waals surface area contributed by atoms with Gasteiger partial charge in [0.25, 0.3) is 5.91 Å². The fourth-order valence-corrected chi connectivity index (χ4v) is 3.65. The number of hydrogen-bond acceptors (Lipinski definition) is 5. The highest BCUT2D eigenvalue weighted by atomic mass is 32.2. The van der Waals surface area contributed by atoms with Gasteiger partial charge in [-0.3, -0.25) is 4.79 Å². The van der Waals surface area contributed by atoms with E-state index in [2.05, 4.69) is 10.3 Å². The van der Waals surface area contributed by atoms with Crippen LogP contribution in [0.1, 0.15) is 33.9 Å². The van der Waals surface area contributed by atoms with Crippen molar-refractivity contribution >= 4 is 32.4 Å². The lowest BCUT2D eigenvalue weighted by Gasteiger charge is -2.14. The number of carbonyl (C=O) groups is 1. The number of rotatable bonds is 5. The number of amides is 1. The van der Waals surface area contributed by atoms with Gasteiger partial charge in [-0.2, -0.15) is 0 Å². The van der Waals surface area contributed by atoms with Crippen LogP contribution in [0.25, 0.3) is 0 Å². The maximum absolute atomic E-state index is 13.0. The summed E-state index contributed by atoms with van der Waals surface area (Å²) in [6.07, 6.45) is 1.07. The topological polar surface area (TPSA) is 79.4 Å². The number of aromatic nitrogens is 1. The van der Waals surface area contributed by atoms with Gasteiger partial charge >= 0.3 is 0 Å². The van der Waals surface area contributed by atoms with Crippen LogP contribution in [0, 0.1) is 12.7 Å². The van der Waals surface area contributed by atoms with Crippen LogP contribution in [0.5, 0.6) is 0 Å². The number of halogens is 1. The van der Waals surface area contributed by atoms with Crippen LogP contribution in [0.4, 0.5) is 9.52 Å². The van der Waals surface area contributed by atoms with Gasteiger partial charge in [-0.1, -0.05) is 23.5 Å². The molecular formula is C15H18FN3O3S2. The van der Waals surface area contributed by atoms with Gasteiger partial charge in [0.15, 0.2) is 5.13 Å². The maximum Gasteiger partial charge on any atom is 0.263 e. The third-order valence-corrected chi connectivity index (χ3v) is 5.99. The van der Waals surface area contributed by atoms with Crippen LogP contribution in [-0.2, 0) is 10.0 Å². The molecule has 1 atom stereocenters. The molecule has 0 aliphatic carbocycles. The Morgan fingerprint density at radius 3 is 2.46 bits per heavy atom. The molecule has 0 aliphatic heterocycles. The molecule has 0 fully saturated rings. The second-order valence-corrected chi connectivity index (χ2v) is 8.38. The Hall–Kier alpha value is -2.00. The Balaban J connectivity index is 2.18. The highest BCUT2D eigenvalue weighted by molar-refractivity contribution is 7.92. The largest absolute Gasteiger partial charge is 0.345 e. The summed E-state index contributed by atoms with van der Waals surface area (Å²) in [5, 5.41) is 3.04. The van der Waals surface area contributed by atoms with Crippen molar-refractivity contribution in [1.82, 2.24) is 10.3 Å². The SMILES string of the molecule is Cc1nc(N(C)S(C)(=O)=O)sc1C(=O)N[C@@H](C)c1ccc(F)cc1. The first-order valence-electron chi connectivity index (χ1n) is 7.07. The van der Waals surface area contributed by atoms with Crippen LogP contribution in [0.3, 0.4) is 0 Å². The van der Waals surface area contributed by atoms with E-state index in [-0.39, 0.29) is 22.9 Å². The number of sulfonamides is 1. The summed E-state index contributed by atoms with van der Waals surface area (Å²) in [6.45, 7) is 3.43. The zero-order valence-electron chi connectivity index (χ0n) is 13.7. The monoisotopic (exact) mass is 371 g/mol. The molecule has 1 heterocycles. The number of nitrogens with one attached hydrogen (secondary N) is 1. The van der Waals surface area contributed by atoms with Crippen molar-refractivity contribution in [3.05, 3.63) is 46.2 Å². The minimum Gasteiger partial charge on any atom is -0.345 e. The Morgan fingerprint density at radius 2 is 1.92 bits per heavy atom. The molecule has 2 rings (SSSR count). The number of hydrogen-bond donors (Lipinski definition) is 1. The third kappa shape index (κ3) is 4.09. The van der Waals surface area contributed by atoms with E-state index in [1.54, 1.807) is 26.0 Å². The number of carbonyl (C=O) groups excluding carboxylic acids is 1. The second-order valence-electron chi connectivity index (χ2n) is 5.39. The molecule has 9 heteroatoms. The summed E-state index contributed by atoms with van der Waals surface area (Å²) in [7, 11) is -2.06. The van der Waals surface area contributed by atoms with Gasteiger partial charge in [0.2, 0.25) is 10.0 Å². The summed E-state index contributed by atoms with van der Waals surface area (Å²) in [5.41, 5.74) is 1.22. The number of thiazole rings is 1. The quantitative estimate of drug-likeness (QED) is 0.876. The third-order valence-electron chi connectivity index (χ3n) is 3.48. The van der Waals surface area contributed by atoms with E-state index in [0.29, 0.717) is 10.6 Å². The van der Waals surface area contributed by atoms with Gasteiger partial charge in [0, 0.05) is 7.05 Å². The molecule has 6 nitrogen and oxygen atoms in total. The van der Waals surface area contributed by atoms with Crippen LogP contribution in [0.15, 0.2) is 24.3 Å². The minimum absolute atomic E-state index is 0.231. The molecular weight excluding hydrogens is 353 g/mol. The average Bonchev–Trinajstić information content (AvgIpc) is 2.88. The van der Waals surface area contributed by atoms with Gasteiger partial charge in [-0.25, -0.2) is 22.1 Å². The molecule has 24 heavy (non-hydrogen) atoms. The van der Waals surface area contributed by atoms with Crippen molar-refractivity contribution in [1.29, 1.82) is 0 Å². The molecule has 1 aromatic carbocycles. The summed E-state index contributed by atoms with van der Waals surface area (Å²) < 4.78 is 37.1. The zero-order chi connectivity index (χ0) is 18.1. The summed E-state index contributed by atoms with van der Waals surface area (Å²) in [4.78, 5) is 16.9. The fourth-order valence-electron chi connectivity index (χ4n) is 1.97. The van der Waals surface area contributed by atoms with Gasteiger partial charge in [0.1, 0.15) is 10.7 Å². The predicted molar refractivity (Wildman–Crippen MR) is 92.4 cm³/mol. The molecule has 130 valence electrons. The van der Waals surface area contributed by atoms with Crippen molar-refractivity contribution in [2.24, 2.45) is 0 Å². The highest BCUT2D eigenvalue weighted by Crippen LogP contribution is 2.27. The number of aryl methyl sites for hydroxylation is 1. The Bertz CT molecular complexity index is 847. The molecule has 0 unspecified atom stereocenters. The molecule has 2 aromatic rings. The van der Waals surface area contributed by atoms with Crippen molar-refractivity contribution in [2.45, 2.75) is 19.9 Å². The Kier molecular flexibility index (Phi) is 5.24. The summed E-state index contributed by atoms with van der Waals surface area (Å²) in [5.74, 6) is -0.695. The van der Waals surface area contributed by atoms with E-state index in [1.165, 1.54) is 19.2 Å². The Morgan fingerprint density at radius 1 is 1.33 bits per heavy atom. The average molecular weight is 371 g/mol. The molecule has 1 aromatic heterocycles. The molecule has 0 aliphatic rings. The standard InChI is InChI=1S/C15H18FN3O3S2/c1-9(11-5-7-12(16)8-6-11)17-14(20)13-10(2)18-15(23-13)19(3)24(4,21)22/h5-9H,1-4H3,(H,17,20)/t9-/m0/s1. The van der Waals surface area contributed by atoms with Crippen LogP contribution in [-0.4, -0.2) is 32.6 Å². The lowest BCUT2D eigenvalue weighted by atomic mass is 10.1. The predicted octanol–water partition coefficient (Wildman–Crippen LogP) is 2.48. The van der Waals surface area contributed by atoms with Crippen molar-refractivity contribution in [2.75, 3.05) is 17.6 Å². The van der Waals surface area contributed by atoms with E-state index in [4.69, 9.17) is 0 Å². The summed E-state index contributed by atoms with van der Waals surface area (Å²) >= 11 is 1.01. The van der Waals surface area contributed by atoms with E-state index in [9.17, 15) is 17.6 Å². The molecule has 1 amide bonds. The lowest BCUT2D eigenvalue weighted by molar-refractivity contribution is 0.0943. The zero-order valence-corrected chi connectivity index (χ0v) is 15.3. The van der Waals surface area contributed by atoms with Gasteiger partial charge in [-0.15, -0.1) is 0 Å². The number of nitrogens with zero attached hydrogens (tertiary/aromatic N) is 2. The smallest absolute Gasteiger partial charge is 0.263 e. The van der Waals surface area contributed by atoms with Crippen LogP contribution in [0.2, 0.25) is 0 Å². The van der Waals surface area contributed by atoms with Crippen LogP contribution >= 0.6 is 11.3 Å². The van der Waals surface area contributed by atoms with E-state index in [1.807, 2.05) is 0 Å². The van der Waals surface area contributed by atoms with E-state index < -0.39 is 10.0 Å². The first kappa shape index (κ1) is 18.3. The van der Waals surface area contributed by atoms with Crippen molar-refractivity contribution < 1.29 is 17.6 Å². The number of benzene rings is 1. The van der Waals surface area contributed by atoms with Crippen molar-refractivity contribution in [3.63, 3.8) is 0 Å². The second kappa shape index (κ2) is 6.86. The first-order valence-corrected chi connectivity index (χ1v) is 9.73. The van der Waals surface area contributed by atoms with Crippen LogP contribution < -0.4 is 9.62 Å². The molecule has 0 spiro atoms. The summed E-state index contributed by atoms with van der Waals surface area (Å²) in [6, 6.07) is 5.53. The van der Waals surface area contributed by atoms with Gasteiger partial charge < -0.3 is 5.32 Å². The molecule has 0 radical (unpaired) electrons. The fraction of sp³-hybridized carbons (Fsp3) is 0.333. The Labute approximate surface area is 144 Å². The maximum atomic E-state index is 13.0. The first-order chi connectivity index (χ1) is 11.1.